The Morgan fingerprint density at radius 3 is 2.80 bits per heavy atom. The first-order valence-corrected chi connectivity index (χ1v) is 7.64. The van der Waals surface area contributed by atoms with Crippen molar-refractivity contribution < 1.29 is 9.59 Å². The molecule has 0 bridgehead atoms. The maximum Gasteiger partial charge on any atom is 0.245 e. The second-order valence-electron chi connectivity index (χ2n) is 5.65. The number of carbonyl (C=O) groups excluding carboxylic acids is 2. The highest BCUT2D eigenvalue weighted by Crippen LogP contribution is 2.49. The Morgan fingerprint density at radius 2 is 2.10 bits per heavy atom. The molecule has 0 aromatic heterocycles. The minimum Gasteiger partial charge on any atom is -0.311 e. The Balaban J connectivity index is 2.19. The molecule has 1 atom stereocenters. The molecule has 1 unspecified atom stereocenters. The number of amides is 1. The zero-order valence-corrected chi connectivity index (χ0v) is 12.4. The van der Waals surface area contributed by atoms with Gasteiger partial charge >= 0.3 is 0 Å². The smallest absolute Gasteiger partial charge is 0.245 e. The first-order chi connectivity index (χ1) is 9.61. The topological polar surface area (TPSA) is 37.4 Å². The SMILES string of the molecule is CCCN1C(=O)C2(CCCCC2=O)c2cc(Cl)ccc21. The first kappa shape index (κ1) is 13.6. The van der Waals surface area contributed by atoms with Crippen LogP contribution < -0.4 is 4.90 Å². The Bertz CT molecular complexity index is 584. The summed E-state index contributed by atoms with van der Waals surface area (Å²) >= 11 is 6.10. The van der Waals surface area contributed by atoms with Crippen LogP contribution in [0.1, 0.15) is 44.6 Å². The quantitative estimate of drug-likeness (QED) is 0.782. The zero-order chi connectivity index (χ0) is 14.3. The van der Waals surface area contributed by atoms with Crippen LogP contribution in [0.2, 0.25) is 5.02 Å². The van der Waals surface area contributed by atoms with Gasteiger partial charge in [0.05, 0.1) is 0 Å². The summed E-state index contributed by atoms with van der Waals surface area (Å²) < 4.78 is 0. The highest BCUT2D eigenvalue weighted by Gasteiger charge is 2.55. The second kappa shape index (κ2) is 4.88. The van der Waals surface area contributed by atoms with E-state index < -0.39 is 5.41 Å². The standard InChI is InChI=1S/C16H18ClNO2/c1-2-9-18-13-7-6-11(17)10-12(13)16(15(18)20)8-4-3-5-14(16)19/h6-7,10H,2-5,8-9H2,1H3. The lowest BCUT2D eigenvalue weighted by molar-refractivity contribution is -0.136. The number of ketones is 1. The number of halogens is 1. The number of hydrogen-bond donors (Lipinski definition) is 0. The van der Waals surface area contributed by atoms with Crippen molar-refractivity contribution >= 4 is 29.0 Å². The van der Waals surface area contributed by atoms with Crippen LogP contribution in [0.15, 0.2) is 18.2 Å². The predicted molar refractivity (Wildman–Crippen MR) is 79.2 cm³/mol. The summed E-state index contributed by atoms with van der Waals surface area (Å²) in [7, 11) is 0. The van der Waals surface area contributed by atoms with E-state index in [0.29, 0.717) is 24.4 Å². The maximum absolute atomic E-state index is 12.9. The van der Waals surface area contributed by atoms with Crippen molar-refractivity contribution in [3.8, 4) is 0 Å². The van der Waals surface area contributed by atoms with Crippen LogP contribution in [0, 0.1) is 0 Å². The predicted octanol–water partition coefficient (Wildman–Crippen LogP) is 3.48. The maximum atomic E-state index is 12.9. The summed E-state index contributed by atoms with van der Waals surface area (Å²) in [5.74, 6) is 0.0252. The normalized spacial score (nSPS) is 25.4. The number of benzene rings is 1. The lowest BCUT2D eigenvalue weighted by atomic mass is 9.69. The number of carbonyl (C=O) groups is 2. The molecule has 0 radical (unpaired) electrons. The molecule has 1 aliphatic heterocycles. The lowest BCUT2D eigenvalue weighted by Crippen LogP contribution is -2.48. The van der Waals surface area contributed by atoms with Crippen LogP contribution in [-0.4, -0.2) is 18.2 Å². The fourth-order valence-electron chi connectivity index (χ4n) is 3.53. The van der Waals surface area contributed by atoms with Crippen molar-refractivity contribution in [2.45, 2.75) is 44.4 Å². The molecule has 0 saturated heterocycles. The van der Waals surface area contributed by atoms with E-state index in [1.165, 1.54) is 0 Å². The van der Waals surface area contributed by atoms with Gasteiger partial charge in [0.25, 0.3) is 0 Å². The van der Waals surface area contributed by atoms with E-state index in [0.717, 1.165) is 30.5 Å². The van der Waals surface area contributed by atoms with Gasteiger partial charge in [-0.3, -0.25) is 9.59 Å². The second-order valence-corrected chi connectivity index (χ2v) is 6.09. The van der Waals surface area contributed by atoms with Crippen molar-refractivity contribution in [3.63, 3.8) is 0 Å². The monoisotopic (exact) mass is 291 g/mol. The Morgan fingerprint density at radius 1 is 1.30 bits per heavy atom. The van der Waals surface area contributed by atoms with Crippen LogP contribution in [-0.2, 0) is 15.0 Å². The molecule has 20 heavy (non-hydrogen) atoms. The van der Waals surface area contributed by atoms with Gasteiger partial charge in [-0.05, 0) is 37.5 Å². The van der Waals surface area contributed by atoms with E-state index in [1.54, 1.807) is 11.0 Å². The minimum atomic E-state index is -0.951. The molecule has 106 valence electrons. The Kier molecular flexibility index (Phi) is 3.33. The van der Waals surface area contributed by atoms with Gasteiger partial charge in [-0.1, -0.05) is 24.9 Å². The zero-order valence-electron chi connectivity index (χ0n) is 11.6. The third-order valence-electron chi connectivity index (χ3n) is 4.45. The molecule has 1 saturated carbocycles. The third kappa shape index (κ3) is 1.72. The molecule has 1 spiro atoms. The molecule has 1 heterocycles. The van der Waals surface area contributed by atoms with E-state index >= 15 is 0 Å². The number of rotatable bonds is 2. The lowest BCUT2D eigenvalue weighted by Gasteiger charge is -2.31. The molecule has 1 aliphatic carbocycles. The molecule has 1 amide bonds. The molecular formula is C16H18ClNO2. The summed E-state index contributed by atoms with van der Waals surface area (Å²) in [5.41, 5.74) is 0.748. The van der Waals surface area contributed by atoms with Crippen molar-refractivity contribution in [1.29, 1.82) is 0 Å². The van der Waals surface area contributed by atoms with Crippen LogP contribution in [0.25, 0.3) is 0 Å². The number of fused-ring (bicyclic) bond motifs is 2. The molecule has 1 aromatic rings. The largest absolute Gasteiger partial charge is 0.311 e. The van der Waals surface area contributed by atoms with Gasteiger partial charge in [-0.2, -0.15) is 0 Å². The average molecular weight is 292 g/mol. The van der Waals surface area contributed by atoms with Gasteiger partial charge in [-0.15, -0.1) is 0 Å². The van der Waals surface area contributed by atoms with Crippen molar-refractivity contribution in [3.05, 3.63) is 28.8 Å². The van der Waals surface area contributed by atoms with Gasteiger partial charge < -0.3 is 4.90 Å². The highest BCUT2D eigenvalue weighted by atomic mass is 35.5. The van der Waals surface area contributed by atoms with Gasteiger partial charge in [-0.25, -0.2) is 0 Å². The van der Waals surface area contributed by atoms with Gasteiger partial charge in [0.15, 0.2) is 5.78 Å². The van der Waals surface area contributed by atoms with E-state index in [4.69, 9.17) is 11.6 Å². The number of Topliss-reactive ketones (excluding diaryl/α,β-unsaturated/α-hetero) is 1. The van der Waals surface area contributed by atoms with Gasteiger partial charge in [0.2, 0.25) is 5.91 Å². The average Bonchev–Trinajstić information content (AvgIpc) is 2.66. The van der Waals surface area contributed by atoms with E-state index in [1.807, 2.05) is 19.1 Å². The van der Waals surface area contributed by atoms with Crippen molar-refractivity contribution in [1.82, 2.24) is 0 Å². The molecule has 2 aliphatic rings. The van der Waals surface area contributed by atoms with Gasteiger partial charge in [0.1, 0.15) is 5.41 Å². The van der Waals surface area contributed by atoms with E-state index in [2.05, 4.69) is 0 Å². The van der Waals surface area contributed by atoms with Crippen LogP contribution in [0.3, 0.4) is 0 Å². The number of anilines is 1. The summed E-state index contributed by atoms with van der Waals surface area (Å²) in [5, 5.41) is 0.590. The van der Waals surface area contributed by atoms with Crippen LogP contribution >= 0.6 is 11.6 Å². The fourth-order valence-corrected chi connectivity index (χ4v) is 3.70. The minimum absolute atomic E-state index is 0.0404. The summed E-state index contributed by atoms with van der Waals surface area (Å²) in [4.78, 5) is 27.2. The van der Waals surface area contributed by atoms with Gasteiger partial charge in [0, 0.05) is 29.2 Å². The summed E-state index contributed by atoms with van der Waals surface area (Å²) in [6, 6.07) is 5.48. The molecule has 0 N–H and O–H groups in total. The third-order valence-corrected chi connectivity index (χ3v) is 4.68. The van der Waals surface area contributed by atoms with E-state index in [9.17, 15) is 9.59 Å². The van der Waals surface area contributed by atoms with E-state index in [-0.39, 0.29) is 11.7 Å². The molecule has 3 rings (SSSR count). The summed E-state index contributed by atoms with van der Waals surface area (Å²) in [6.07, 6.45) is 3.80. The summed E-state index contributed by atoms with van der Waals surface area (Å²) in [6.45, 7) is 2.69. The molecule has 1 aromatic carbocycles. The molecule has 3 nitrogen and oxygen atoms in total. The number of hydrogen-bond acceptors (Lipinski definition) is 2. The Hall–Kier alpha value is -1.35. The Labute approximate surface area is 123 Å². The van der Waals surface area contributed by atoms with Crippen LogP contribution in [0.4, 0.5) is 5.69 Å². The fraction of sp³-hybridized carbons (Fsp3) is 0.500. The number of nitrogens with zero attached hydrogens (tertiary/aromatic N) is 1. The molecular weight excluding hydrogens is 274 g/mol. The van der Waals surface area contributed by atoms with Crippen LogP contribution in [0.5, 0.6) is 0 Å². The van der Waals surface area contributed by atoms with Crippen molar-refractivity contribution in [2.24, 2.45) is 0 Å². The van der Waals surface area contributed by atoms with Crippen molar-refractivity contribution in [2.75, 3.05) is 11.4 Å². The molecule has 1 fully saturated rings. The molecule has 4 heteroatoms. The highest BCUT2D eigenvalue weighted by molar-refractivity contribution is 6.31. The first-order valence-electron chi connectivity index (χ1n) is 7.26.